The molecule has 0 spiro atoms. The van der Waals surface area contributed by atoms with Gasteiger partial charge in [0.25, 0.3) is 5.91 Å². The number of carbonyl (C=O) groups is 1. The monoisotopic (exact) mass is 311 g/mol. The van der Waals surface area contributed by atoms with Crippen molar-refractivity contribution in [2.75, 3.05) is 0 Å². The SMILES string of the molecule is NNC(=O)c1cccc(COc2ccc(Cl)cc2Cl)n1. The lowest BCUT2D eigenvalue weighted by atomic mass is 10.3. The molecule has 5 nitrogen and oxygen atoms in total. The molecule has 0 saturated heterocycles. The number of rotatable bonds is 4. The maximum Gasteiger partial charge on any atom is 0.283 e. The van der Waals surface area contributed by atoms with Gasteiger partial charge in [-0.1, -0.05) is 29.3 Å². The van der Waals surface area contributed by atoms with Crippen molar-refractivity contribution >= 4 is 29.1 Å². The highest BCUT2D eigenvalue weighted by Gasteiger charge is 2.07. The summed E-state index contributed by atoms with van der Waals surface area (Å²) in [6, 6.07) is 9.91. The lowest BCUT2D eigenvalue weighted by Crippen LogP contribution is -2.30. The molecule has 1 aromatic heterocycles. The van der Waals surface area contributed by atoms with Crippen molar-refractivity contribution in [3.8, 4) is 5.75 Å². The lowest BCUT2D eigenvalue weighted by molar-refractivity contribution is 0.0948. The molecule has 0 radical (unpaired) electrons. The second-order valence-corrected chi connectivity index (χ2v) is 4.69. The Kier molecular flexibility index (Phi) is 4.79. The summed E-state index contributed by atoms with van der Waals surface area (Å²) in [7, 11) is 0. The Morgan fingerprint density at radius 1 is 1.30 bits per heavy atom. The van der Waals surface area contributed by atoms with Gasteiger partial charge < -0.3 is 4.74 Å². The van der Waals surface area contributed by atoms with Crippen molar-refractivity contribution in [2.45, 2.75) is 6.61 Å². The Morgan fingerprint density at radius 2 is 2.10 bits per heavy atom. The van der Waals surface area contributed by atoms with Crippen LogP contribution in [0.2, 0.25) is 10.0 Å². The summed E-state index contributed by atoms with van der Waals surface area (Å²) in [5, 5.41) is 0.940. The summed E-state index contributed by atoms with van der Waals surface area (Å²) < 4.78 is 5.53. The molecular weight excluding hydrogens is 301 g/mol. The van der Waals surface area contributed by atoms with E-state index in [1.165, 1.54) is 0 Å². The predicted octanol–water partition coefficient (Wildman–Crippen LogP) is 2.57. The van der Waals surface area contributed by atoms with Gasteiger partial charge in [0.2, 0.25) is 0 Å². The Hall–Kier alpha value is -1.82. The van der Waals surface area contributed by atoms with E-state index >= 15 is 0 Å². The minimum absolute atomic E-state index is 0.174. The number of nitrogens with two attached hydrogens (primary N) is 1. The predicted molar refractivity (Wildman–Crippen MR) is 76.7 cm³/mol. The molecule has 2 aromatic rings. The van der Waals surface area contributed by atoms with Crippen molar-refractivity contribution in [1.82, 2.24) is 10.4 Å². The molecule has 0 atom stereocenters. The van der Waals surface area contributed by atoms with Crippen LogP contribution in [0, 0.1) is 0 Å². The van der Waals surface area contributed by atoms with Gasteiger partial charge in [-0.25, -0.2) is 10.8 Å². The molecule has 0 aliphatic carbocycles. The third-order valence-corrected chi connectivity index (χ3v) is 2.97. The van der Waals surface area contributed by atoms with E-state index in [-0.39, 0.29) is 12.3 Å². The second-order valence-electron chi connectivity index (χ2n) is 3.85. The Balaban J connectivity index is 2.09. The van der Waals surface area contributed by atoms with Crippen LogP contribution in [0.25, 0.3) is 0 Å². The van der Waals surface area contributed by atoms with Crippen molar-refractivity contribution < 1.29 is 9.53 Å². The average Bonchev–Trinajstić information content (AvgIpc) is 2.46. The van der Waals surface area contributed by atoms with Crippen LogP contribution in [0.1, 0.15) is 16.2 Å². The van der Waals surface area contributed by atoms with Crippen molar-refractivity contribution in [3.05, 3.63) is 57.8 Å². The number of carbonyl (C=O) groups excluding carboxylic acids is 1. The smallest absolute Gasteiger partial charge is 0.283 e. The van der Waals surface area contributed by atoms with Gasteiger partial charge in [-0.3, -0.25) is 10.2 Å². The van der Waals surface area contributed by atoms with Gasteiger partial charge in [-0.2, -0.15) is 0 Å². The van der Waals surface area contributed by atoms with Gasteiger partial charge in [-0.15, -0.1) is 0 Å². The summed E-state index contributed by atoms with van der Waals surface area (Å²) in [5.74, 6) is 5.08. The molecule has 0 aliphatic heterocycles. The van der Waals surface area contributed by atoms with Crippen molar-refractivity contribution in [3.63, 3.8) is 0 Å². The number of halogens is 2. The van der Waals surface area contributed by atoms with Crippen molar-refractivity contribution in [2.24, 2.45) is 5.84 Å². The van der Waals surface area contributed by atoms with Gasteiger partial charge in [0.15, 0.2) is 0 Å². The second kappa shape index (κ2) is 6.56. The molecule has 0 bridgehead atoms. The number of pyridine rings is 1. The summed E-state index contributed by atoms with van der Waals surface area (Å²) in [5.41, 5.74) is 2.82. The van der Waals surface area contributed by atoms with E-state index in [1.807, 2.05) is 5.43 Å². The molecule has 0 unspecified atom stereocenters. The van der Waals surface area contributed by atoms with Gasteiger partial charge in [0.05, 0.1) is 10.7 Å². The lowest BCUT2D eigenvalue weighted by Gasteiger charge is -2.08. The Morgan fingerprint density at radius 3 is 2.80 bits per heavy atom. The summed E-state index contributed by atoms with van der Waals surface area (Å²) in [6.07, 6.45) is 0. The molecular formula is C13H11Cl2N3O2. The molecule has 0 fully saturated rings. The zero-order valence-corrected chi connectivity index (χ0v) is 11.8. The first-order chi connectivity index (χ1) is 9.60. The normalized spacial score (nSPS) is 10.2. The third-order valence-electron chi connectivity index (χ3n) is 2.44. The first kappa shape index (κ1) is 14.6. The van der Waals surface area contributed by atoms with Gasteiger partial charge in [0, 0.05) is 5.02 Å². The average molecular weight is 312 g/mol. The molecule has 2 rings (SSSR count). The van der Waals surface area contributed by atoms with Crippen molar-refractivity contribution in [1.29, 1.82) is 0 Å². The van der Waals surface area contributed by atoms with Crippen LogP contribution in [0.5, 0.6) is 5.75 Å². The van der Waals surface area contributed by atoms with Gasteiger partial charge in [-0.05, 0) is 30.3 Å². The van der Waals surface area contributed by atoms with Crippen LogP contribution in [0.15, 0.2) is 36.4 Å². The van der Waals surface area contributed by atoms with Crippen LogP contribution < -0.4 is 16.0 Å². The maximum absolute atomic E-state index is 11.4. The number of nitrogens with one attached hydrogen (secondary N) is 1. The number of nitrogens with zero attached hydrogens (tertiary/aromatic N) is 1. The Labute approximate surface area is 125 Å². The molecule has 0 saturated carbocycles. The van der Waals surface area contributed by atoms with Crippen LogP contribution in [-0.2, 0) is 6.61 Å². The maximum atomic E-state index is 11.4. The van der Waals surface area contributed by atoms with E-state index in [2.05, 4.69) is 4.98 Å². The largest absolute Gasteiger partial charge is 0.486 e. The number of hydrogen-bond acceptors (Lipinski definition) is 4. The fourth-order valence-electron chi connectivity index (χ4n) is 1.50. The van der Waals surface area contributed by atoms with E-state index in [0.717, 1.165) is 0 Å². The van der Waals surface area contributed by atoms with Crippen LogP contribution in [0.3, 0.4) is 0 Å². The highest BCUT2D eigenvalue weighted by atomic mass is 35.5. The van der Waals surface area contributed by atoms with Gasteiger partial charge >= 0.3 is 0 Å². The number of aromatic nitrogens is 1. The van der Waals surface area contributed by atoms with Crippen LogP contribution in [-0.4, -0.2) is 10.9 Å². The summed E-state index contributed by atoms with van der Waals surface area (Å²) in [4.78, 5) is 15.5. The fourth-order valence-corrected chi connectivity index (χ4v) is 1.97. The van der Waals surface area contributed by atoms with E-state index in [4.69, 9.17) is 33.8 Å². The Bertz CT molecular complexity index is 635. The molecule has 3 N–H and O–H groups in total. The van der Waals surface area contributed by atoms with E-state index in [1.54, 1.807) is 36.4 Å². The molecule has 0 aliphatic rings. The van der Waals surface area contributed by atoms with Gasteiger partial charge in [0.1, 0.15) is 18.1 Å². The number of hydrazine groups is 1. The number of ether oxygens (including phenoxy) is 1. The standard InChI is InChI=1S/C13H11Cl2N3O2/c14-8-4-5-12(10(15)6-8)20-7-9-2-1-3-11(17-9)13(19)18-16/h1-6H,7,16H2,(H,18,19). The quantitative estimate of drug-likeness (QED) is 0.517. The number of benzene rings is 1. The zero-order valence-electron chi connectivity index (χ0n) is 10.3. The topological polar surface area (TPSA) is 77.2 Å². The minimum atomic E-state index is -0.462. The van der Waals surface area contributed by atoms with E-state index in [0.29, 0.717) is 21.5 Å². The fraction of sp³-hybridized carbons (Fsp3) is 0.0769. The highest BCUT2D eigenvalue weighted by molar-refractivity contribution is 6.35. The number of hydrogen-bond donors (Lipinski definition) is 2. The molecule has 7 heteroatoms. The molecule has 1 aromatic carbocycles. The summed E-state index contributed by atoms with van der Waals surface area (Å²) >= 11 is 11.8. The minimum Gasteiger partial charge on any atom is -0.486 e. The zero-order chi connectivity index (χ0) is 14.5. The first-order valence-electron chi connectivity index (χ1n) is 5.65. The van der Waals surface area contributed by atoms with E-state index < -0.39 is 5.91 Å². The number of amides is 1. The molecule has 1 amide bonds. The third kappa shape index (κ3) is 3.60. The van der Waals surface area contributed by atoms with Crippen LogP contribution in [0.4, 0.5) is 0 Å². The molecule has 104 valence electrons. The molecule has 1 heterocycles. The molecule has 20 heavy (non-hydrogen) atoms. The van der Waals surface area contributed by atoms with E-state index in [9.17, 15) is 4.79 Å². The highest BCUT2D eigenvalue weighted by Crippen LogP contribution is 2.27. The summed E-state index contributed by atoms with van der Waals surface area (Å²) in [6.45, 7) is 0.174. The number of nitrogen functional groups attached to an aromatic ring is 1. The van der Waals surface area contributed by atoms with Crippen LogP contribution >= 0.6 is 23.2 Å². The first-order valence-corrected chi connectivity index (χ1v) is 6.40.